The second-order valence-corrected chi connectivity index (χ2v) is 3.89. The molecule has 3 nitrogen and oxygen atoms in total. The Hall–Kier alpha value is -1.32. The van der Waals surface area contributed by atoms with Gasteiger partial charge >= 0.3 is 0 Å². The second-order valence-electron chi connectivity index (χ2n) is 3.18. The minimum atomic E-state index is 0.483. The van der Waals surface area contributed by atoms with Crippen molar-refractivity contribution in [1.29, 1.82) is 0 Å². The minimum Gasteiger partial charge on any atom is -0.324 e. The predicted octanol–water partition coefficient (Wildman–Crippen LogP) is 3.61. The van der Waals surface area contributed by atoms with Gasteiger partial charge in [0.15, 0.2) is 0 Å². The molecule has 1 heterocycles. The summed E-state index contributed by atoms with van der Waals surface area (Å²) in [7, 11) is 0. The summed E-state index contributed by atoms with van der Waals surface area (Å²) >= 11 is 11.4. The van der Waals surface area contributed by atoms with Crippen LogP contribution in [0.25, 0.3) is 0 Å². The molecule has 1 aromatic heterocycles. The van der Waals surface area contributed by atoms with E-state index in [1.807, 2.05) is 24.3 Å². The Balaban J connectivity index is 2.16. The molecule has 0 aliphatic heterocycles. The lowest BCUT2D eigenvalue weighted by molar-refractivity contribution is 1.16. The molecule has 1 N–H and O–H groups in total. The molecule has 0 amide bonds. The van der Waals surface area contributed by atoms with Gasteiger partial charge in [-0.25, -0.2) is 9.97 Å². The first-order valence-electron chi connectivity index (χ1n) is 4.67. The number of hydrogen-bond donors (Lipinski definition) is 1. The monoisotopic (exact) mass is 253 g/mol. The van der Waals surface area contributed by atoms with Crippen molar-refractivity contribution >= 4 is 34.8 Å². The van der Waals surface area contributed by atoms with Crippen LogP contribution in [0.4, 0.5) is 11.6 Å². The molecule has 0 atom stereocenters. The van der Waals surface area contributed by atoms with Crippen molar-refractivity contribution in [2.24, 2.45) is 0 Å². The lowest BCUT2D eigenvalue weighted by Gasteiger charge is -2.05. The molecule has 16 heavy (non-hydrogen) atoms. The van der Waals surface area contributed by atoms with E-state index in [1.165, 1.54) is 0 Å². The summed E-state index contributed by atoms with van der Waals surface area (Å²) in [5.74, 6) is 0.993. The Morgan fingerprint density at radius 1 is 1.19 bits per heavy atom. The maximum Gasteiger partial charge on any atom is 0.227 e. The average Bonchev–Trinajstić information content (AvgIpc) is 2.32. The molecular weight excluding hydrogens is 245 g/mol. The molecule has 2 rings (SSSR count). The zero-order valence-electron chi connectivity index (χ0n) is 8.32. The first kappa shape index (κ1) is 11.2. The number of alkyl halides is 1. The van der Waals surface area contributed by atoms with Gasteiger partial charge in [-0.3, -0.25) is 0 Å². The summed E-state index contributed by atoms with van der Waals surface area (Å²) in [5, 5.41) is 3.58. The third-order valence-corrected chi connectivity index (χ3v) is 2.46. The van der Waals surface area contributed by atoms with Gasteiger partial charge in [0.05, 0.1) is 17.4 Å². The topological polar surface area (TPSA) is 37.8 Å². The number of rotatable bonds is 3. The van der Waals surface area contributed by atoms with E-state index in [9.17, 15) is 0 Å². The van der Waals surface area contributed by atoms with Crippen molar-refractivity contribution in [2.45, 2.75) is 5.88 Å². The molecule has 0 aliphatic carbocycles. The number of anilines is 2. The normalized spacial score (nSPS) is 10.1. The Morgan fingerprint density at radius 2 is 1.94 bits per heavy atom. The van der Waals surface area contributed by atoms with Crippen LogP contribution >= 0.6 is 23.2 Å². The van der Waals surface area contributed by atoms with Crippen molar-refractivity contribution in [3.63, 3.8) is 0 Å². The summed E-state index contributed by atoms with van der Waals surface area (Å²) < 4.78 is 0. The van der Waals surface area contributed by atoms with Gasteiger partial charge in [0.2, 0.25) is 5.95 Å². The molecule has 1 aromatic carbocycles. The van der Waals surface area contributed by atoms with Crippen LogP contribution in [0.15, 0.2) is 36.7 Å². The number of nitrogens with one attached hydrogen (secondary N) is 1. The molecule has 82 valence electrons. The maximum atomic E-state index is 5.75. The van der Waals surface area contributed by atoms with Crippen molar-refractivity contribution in [1.82, 2.24) is 9.97 Å². The molecule has 0 aliphatic rings. The van der Waals surface area contributed by atoms with Crippen LogP contribution in [0.5, 0.6) is 0 Å². The molecule has 0 fully saturated rings. The van der Waals surface area contributed by atoms with E-state index in [1.54, 1.807) is 12.4 Å². The molecule has 2 aromatic rings. The molecular formula is C11H9Cl2N3. The summed E-state index contributed by atoms with van der Waals surface area (Å²) in [6.45, 7) is 0. The first-order valence-corrected chi connectivity index (χ1v) is 5.58. The van der Waals surface area contributed by atoms with Gasteiger partial charge in [0, 0.05) is 11.6 Å². The highest BCUT2D eigenvalue weighted by Crippen LogP contribution is 2.16. The number of hydrogen-bond acceptors (Lipinski definition) is 3. The zero-order chi connectivity index (χ0) is 11.4. The third kappa shape index (κ3) is 2.84. The van der Waals surface area contributed by atoms with E-state index in [4.69, 9.17) is 23.2 Å². The van der Waals surface area contributed by atoms with Crippen LogP contribution in [0.3, 0.4) is 0 Å². The van der Waals surface area contributed by atoms with Gasteiger partial charge in [-0.05, 0) is 17.7 Å². The van der Waals surface area contributed by atoms with Crippen LogP contribution < -0.4 is 5.32 Å². The lowest BCUT2D eigenvalue weighted by atomic mass is 10.2. The molecule has 0 saturated heterocycles. The van der Waals surface area contributed by atoms with Gasteiger partial charge in [-0.1, -0.05) is 23.7 Å². The van der Waals surface area contributed by atoms with Gasteiger partial charge in [-0.2, -0.15) is 0 Å². The molecule has 0 bridgehead atoms. The fourth-order valence-corrected chi connectivity index (χ4v) is 1.50. The molecule has 0 unspecified atom stereocenters. The summed E-state index contributed by atoms with van der Waals surface area (Å²) in [6.07, 6.45) is 3.09. The highest BCUT2D eigenvalue weighted by Gasteiger charge is 1.98. The van der Waals surface area contributed by atoms with E-state index in [2.05, 4.69) is 15.3 Å². The average molecular weight is 254 g/mol. The molecule has 0 spiro atoms. The Bertz CT molecular complexity index is 471. The zero-order valence-corrected chi connectivity index (χ0v) is 9.83. The Labute approximate surface area is 103 Å². The van der Waals surface area contributed by atoms with Gasteiger partial charge < -0.3 is 5.32 Å². The van der Waals surface area contributed by atoms with Crippen molar-refractivity contribution in [3.8, 4) is 0 Å². The van der Waals surface area contributed by atoms with E-state index in [0.29, 0.717) is 16.9 Å². The molecule has 5 heteroatoms. The summed E-state index contributed by atoms with van der Waals surface area (Å²) in [6, 6.07) is 7.76. The molecule has 0 saturated carbocycles. The fraction of sp³-hybridized carbons (Fsp3) is 0.0909. The van der Waals surface area contributed by atoms with Crippen LogP contribution in [0.2, 0.25) is 5.02 Å². The first-order chi connectivity index (χ1) is 7.78. The van der Waals surface area contributed by atoms with Gasteiger partial charge in [0.1, 0.15) is 0 Å². The van der Waals surface area contributed by atoms with Crippen LogP contribution in [-0.2, 0) is 5.88 Å². The number of halogens is 2. The fourth-order valence-electron chi connectivity index (χ4n) is 1.24. The number of aromatic nitrogens is 2. The highest BCUT2D eigenvalue weighted by atomic mass is 35.5. The minimum absolute atomic E-state index is 0.483. The van der Waals surface area contributed by atoms with E-state index in [-0.39, 0.29) is 0 Å². The van der Waals surface area contributed by atoms with Crippen LogP contribution in [0, 0.1) is 0 Å². The largest absolute Gasteiger partial charge is 0.324 e. The van der Waals surface area contributed by atoms with E-state index >= 15 is 0 Å². The van der Waals surface area contributed by atoms with Gasteiger partial charge in [-0.15, -0.1) is 11.6 Å². The Kier molecular flexibility index (Phi) is 3.59. The lowest BCUT2D eigenvalue weighted by Crippen LogP contribution is -1.96. The van der Waals surface area contributed by atoms with Crippen LogP contribution in [0.1, 0.15) is 5.56 Å². The Morgan fingerprint density at radius 3 is 2.62 bits per heavy atom. The highest BCUT2D eigenvalue weighted by molar-refractivity contribution is 6.30. The number of nitrogens with zero attached hydrogens (tertiary/aromatic N) is 2. The quantitative estimate of drug-likeness (QED) is 0.850. The standard InChI is InChI=1S/C11H9Cl2N3/c12-5-8-2-1-3-10(4-8)16-11-14-6-9(13)7-15-11/h1-4,6-7H,5H2,(H,14,15,16). The predicted molar refractivity (Wildman–Crippen MR) is 66.3 cm³/mol. The summed E-state index contributed by atoms with van der Waals surface area (Å²) in [5.41, 5.74) is 1.95. The molecule has 0 radical (unpaired) electrons. The van der Waals surface area contributed by atoms with E-state index < -0.39 is 0 Å². The van der Waals surface area contributed by atoms with Crippen LogP contribution in [-0.4, -0.2) is 9.97 Å². The maximum absolute atomic E-state index is 5.75. The smallest absolute Gasteiger partial charge is 0.227 e. The van der Waals surface area contributed by atoms with Crippen molar-refractivity contribution in [2.75, 3.05) is 5.32 Å². The van der Waals surface area contributed by atoms with Gasteiger partial charge in [0.25, 0.3) is 0 Å². The SMILES string of the molecule is ClCc1cccc(Nc2ncc(Cl)cn2)c1. The second kappa shape index (κ2) is 5.14. The van der Waals surface area contributed by atoms with Crippen molar-refractivity contribution in [3.05, 3.63) is 47.2 Å². The number of benzene rings is 1. The third-order valence-electron chi connectivity index (χ3n) is 1.96. The van der Waals surface area contributed by atoms with E-state index in [0.717, 1.165) is 11.3 Å². The van der Waals surface area contributed by atoms with Crippen molar-refractivity contribution < 1.29 is 0 Å². The summed E-state index contributed by atoms with van der Waals surface area (Å²) in [4.78, 5) is 8.08.